The zero-order chi connectivity index (χ0) is 30.2. The normalized spacial score (nSPS) is 16.9. The van der Waals surface area contributed by atoms with Crippen molar-refractivity contribution in [1.29, 1.82) is 0 Å². The Morgan fingerprint density at radius 2 is 1.93 bits per heavy atom. The number of carbonyl (C=O) groups excluding carboxylic acids is 1. The third kappa shape index (κ3) is 5.77. The largest absolute Gasteiger partial charge is 0.444 e. The molecule has 0 spiro atoms. The lowest BCUT2D eigenvalue weighted by atomic mass is 10.1. The van der Waals surface area contributed by atoms with E-state index in [0.717, 1.165) is 24.1 Å². The van der Waals surface area contributed by atoms with E-state index in [1.807, 2.05) is 61.9 Å². The molecule has 2 aliphatic heterocycles. The lowest BCUT2D eigenvalue weighted by Gasteiger charge is -2.34. The van der Waals surface area contributed by atoms with Gasteiger partial charge in [-0.05, 0) is 52.2 Å². The van der Waals surface area contributed by atoms with Gasteiger partial charge >= 0.3 is 11.8 Å². The second kappa shape index (κ2) is 11.4. The number of alkyl carbamates (subject to hydrolysis) is 1. The van der Waals surface area contributed by atoms with Gasteiger partial charge in [-0.3, -0.25) is 18.5 Å². The van der Waals surface area contributed by atoms with Crippen LogP contribution in [0.15, 0.2) is 38.8 Å². The molecule has 0 bridgehead atoms. The van der Waals surface area contributed by atoms with E-state index in [2.05, 4.69) is 17.2 Å². The molecule has 1 aromatic carbocycles. The molecule has 222 valence electrons. The van der Waals surface area contributed by atoms with E-state index in [1.54, 1.807) is 18.5 Å². The maximum atomic E-state index is 14.0. The average Bonchev–Trinajstić information content (AvgIpc) is 3.32. The van der Waals surface area contributed by atoms with Crippen molar-refractivity contribution < 1.29 is 9.53 Å². The number of aliphatic imine (C=N–C) groups is 1. The minimum atomic E-state index is -0.600. The van der Waals surface area contributed by atoms with Crippen LogP contribution in [0.2, 0.25) is 0 Å². The first kappa shape index (κ1) is 29.0. The van der Waals surface area contributed by atoms with Crippen LogP contribution >= 0.6 is 0 Å². The second-order valence-corrected chi connectivity index (χ2v) is 11.8. The standard InChI is InChI=1S/C30H38N8O4/c1-7-8-16-37-24-25(33-27(37)36-15-11-13-21(18-36)31-28(40)42-30(2,3)4)35(6)29(41)38(26(24)39)19-23-32-22-14-10-9-12-20(22)17-34(23)5/h9-10,12,14,21H,11,13,15-19H2,1-6H3,(H,31,40). The number of carbonyl (C=O) groups is 1. The van der Waals surface area contributed by atoms with Gasteiger partial charge in [0.25, 0.3) is 5.56 Å². The zero-order valence-corrected chi connectivity index (χ0v) is 25.1. The Kier molecular flexibility index (Phi) is 7.86. The third-order valence-corrected chi connectivity index (χ3v) is 7.44. The molecule has 42 heavy (non-hydrogen) atoms. The first-order chi connectivity index (χ1) is 20.0. The molecule has 2 aromatic heterocycles. The second-order valence-electron chi connectivity index (χ2n) is 11.8. The number of para-hydroxylation sites is 1. The van der Waals surface area contributed by atoms with Crippen molar-refractivity contribution >= 4 is 34.7 Å². The molecule has 2 aliphatic rings. The summed E-state index contributed by atoms with van der Waals surface area (Å²) in [4.78, 5) is 53.6. The van der Waals surface area contributed by atoms with Gasteiger partial charge in [-0.1, -0.05) is 24.1 Å². The molecule has 0 saturated carbocycles. The summed E-state index contributed by atoms with van der Waals surface area (Å²) in [6.07, 6.45) is 1.12. The summed E-state index contributed by atoms with van der Waals surface area (Å²) in [5.74, 6) is 7.13. The van der Waals surface area contributed by atoms with E-state index in [-0.39, 0.29) is 19.1 Å². The van der Waals surface area contributed by atoms with Crippen molar-refractivity contribution in [2.75, 3.05) is 25.0 Å². The Hall–Kier alpha value is -4.53. The fraction of sp³-hybridized carbons (Fsp3) is 0.500. The maximum Gasteiger partial charge on any atom is 0.407 e. The van der Waals surface area contributed by atoms with Gasteiger partial charge in [0, 0.05) is 39.8 Å². The molecular formula is C30H38N8O4. The van der Waals surface area contributed by atoms with Crippen molar-refractivity contribution in [3.05, 3.63) is 50.7 Å². The molecule has 1 N–H and O–H groups in total. The third-order valence-electron chi connectivity index (χ3n) is 7.44. The number of ether oxygens (including phenoxy) is 1. The van der Waals surface area contributed by atoms with Crippen LogP contribution in [0.25, 0.3) is 11.2 Å². The topological polar surface area (TPSA) is 119 Å². The Labute approximate surface area is 244 Å². The summed E-state index contributed by atoms with van der Waals surface area (Å²) < 4.78 is 9.86. The fourth-order valence-electron chi connectivity index (χ4n) is 5.42. The number of imidazole rings is 1. The predicted molar refractivity (Wildman–Crippen MR) is 162 cm³/mol. The number of anilines is 1. The van der Waals surface area contributed by atoms with Crippen molar-refractivity contribution in [2.45, 2.75) is 71.8 Å². The van der Waals surface area contributed by atoms with E-state index in [4.69, 9.17) is 14.7 Å². The molecule has 1 saturated heterocycles. The Morgan fingerprint density at radius 3 is 2.67 bits per heavy atom. The van der Waals surface area contributed by atoms with Crippen LogP contribution in [0, 0.1) is 11.8 Å². The number of benzene rings is 1. The summed E-state index contributed by atoms with van der Waals surface area (Å²) in [7, 11) is 3.53. The fourth-order valence-corrected chi connectivity index (χ4v) is 5.42. The molecule has 0 radical (unpaired) electrons. The van der Waals surface area contributed by atoms with Crippen LogP contribution in [-0.2, 0) is 31.4 Å². The number of nitrogens with zero attached hydrogens (tertiary/aromatic N) is 7. The SMILES string of the molecule is CC#CCn1c(N2CCCC(NC(=O)OC(C)(C)C)C2)nc2c1c(=O)n(CC1=Nc3ccccc3CN1C)c(=O)n2C. The summed E-state index contributed by atoms with van der Waals surface area (Å²) in [6.45, 7) is 9.26. The van der Waals surface area contributed by atoms with Crippen LogP contribution in [0.3, 0.4) is 0 Å². The van der Waals surface area contributed by atoms with Gasteiger partial charge < -0.3 is 19.9 Å². The summed E-state index contributed by atoms with van der Waals surface area (Å²) in [5, 5.41) is 2.96. The molecule has 4 heterocycles. The van der Waals surface area contributed by atoms with Gasteiger partial charge in [-0.2, -0.15) is 4.98 Å². The van der Waals surface area contributed by atoms with Gasteiger partial charge in [0.05, 0.1) is 18.8 Å². The highest BCUT2D eigenvalue weighted by molar-refractivity contribution is 5.87. The number of amidine groups is 1. The molecule has 1 atom stereocenters. The van der Waals surface area contributed by atoms with E-state index < -0.39 is 22.9 Å². The van der Waals surface area contributed by atoms with Crippen molar-refractivity contribution in [2.24, 2.45) is 12.0 Å². The highest BCUT2D eigenvalue weighted by Crippen LogP contribution is 2.26. The first-order valence-corrected chi connectivity index (χ1v) is 14.2. The quantitative estimate of drug-likeness (QED) is 0.466. The highest BCUT2D eigenvalue weighted by atomic mass is 16.6. The number of nitrogens with one attached hydrogen (secondary N) is 1. The number of aryl methyl sites for hydroxylation is 1. The number of aromatic nitrogens is 4. The molecule has 1 unspecified atom stereocenters. The maximum absolute atomic E-state index is 14.0. The van der Waals surface area contributed by atoms with Gasteiger partial charge in [0.1, 0.15) is 11.4 Å². The van der Waals surface area contributed by atoms with Gasteiger partial charge in [-0.15, -0.1) is 5.92 Å². The molecule has 1 amide bonds. The molecular weight excluding hydrogens is 536 g/mol. The molecule has 3 aromatic rings. The lowest BCUT2D eigenvalue weighted by molar-refractivity contribution is 0.0499. The Morgan fingerprint density at radius 1 is 1.17 bits per heavy atom. The number of fused-ring (bicyclic) bond motifs is 2. The van der Waals surface area contributed by atoms with Crippen molar-refractivity contribution in [1.82, 2.24) is 28.9 Å². The van der Waals surface area contributed by atoms with E-state index in [0.29, 0.717) is 42.6 Å². The lowest BCUT2D eigenvalue weighted by Crippen LogP contribution is -2.49. The molecule has 0 aliphatic carbocycles. The van der Waals surface area contributed by atoms with Crippen molar-refractivity contribution in [3.63, 3.8) is 0 Å². The highest BCUT2D eigenvalue weighted by Gasteiger charge is 2.29. The van der Waals surface area contributed by atoms with Crippen LogP contribution < -0.4 is 21.5 Å². The molecule has 5 rings (SSSR count). The van der Waals surface area contributed by atoms with Crippen LogP contribution in [-0.4, -0.2) is 67.3 Å². The monoisotopic (exact) mass is 574 g/mol. The number of piperidine rings is 1. The van der Waals surface area contributed by atoms with Crippen LogP contribution in [0.5, 0.6) is 0 Å². The Bertz CT molecular complexity index is 1730. The number of amides is 1. The van der Waals surface area contributed by atoms with Gasteiger partial charge in [-0.25, -0.2) is 14.6 Å². The predicted octanol–water partition coefficient (Wildman–Crippen LogP) is 2.59. The number of hydrogen-bond acceptors (Lipinski definition) is 8. The summed E-state index contributed by atoms with van der Waals surface area (Å²) in [5.41, 5.74) is 1.00. The zero-order valence-electron chi connectivity index (χ0n) is 25.1. The van der Waals surface area contributed by atoms with Crippen LogP contribution in [0.4, 0.5) is 16.4 Å². The minimum Gasteiger partial charge on any atom is -0.444 e. The van der Waals surface area contributed by atoms with E-state index in [1.165, 1.54) is 9.13 Å². The molecule has 12 nitrogen and oxygen atoms in total. The molecule has 12 heteroatoms. The molecule has 1 fully saturated rings. The minimum absolute atomic E-state index is 0.0256. The van der Waals surface area contributed by atoms with Gasteiger partial charge in [0.2, 0.25) is 5.95 Å². The van der Waals surface area contributed by atoms with Gasteiger partial charge in [0.15, 0.2) is 11.2 Å². The van der Waals surface area contributed by atoms with E-state index in [9.17, 15) is 14.4 Å². The van der Waals surface area contributed by atoms with Crippen LogP contribution in [0.1, 0.15) is 46.1 Å². The summed E-state index contributed by atoms with van der Waals surface area (Å²) >= 11 is 0. The van der Waals surface area contributed by atoms with Crippen molar-refractivity contribution in [3.8, 4) is 11.8 Å². The Balaban J connectivity index is 1.54. The number of rotatable bonds is 5. The first-order valence-electron chi connectivity index (χ1n) is 14.2. The number of hydrogen-bond donors (Lipinski definition) is 1. The smallest absolute Gasteiger partial charge is 0.407 e. The average molecular weight is 575 g/mol. The number of likely N-dealkylation sites (N-methyl/N-ethyl adjacent to an activating group) is 1. The summed E-state index contributed by atoms with van der Waals surface area (Å²) in [6, 6.07) is 7.68. The van der Waals surface area contributed by atoms with E-state index >= 15 is 0 Å².